The summed E-state index contributed by atoms with van der Waals surface area (Å²) in [5.41, 5.74) is 1.31. The molecule has 0 spiro atoms. The van der Waals surface area contributed by atoms with E-state index in [0.717, 1.165) is 5.56 Å². The van der Waals surface area contributed by atoms with Crippen LogP contribution in [-0.4, -0.2) is 5.78 Å². The zero-order valence-electron chi connectivity index (χ0n) is 9.74. The molecule has 0 atom stereocenters. The minimum absolute atomic E-state index is 0.138. The van der Waals surface area contributed by atoms with Crippen LogP contribution in [-0.2, 0) is 0 Å². The Morgan fingerprint density at radius 1 is 1.39 bits per heavy atom. The highest BCUT2D eigenvalue weighted by Crippen LogP contribution is 2.27. The summed E-state index contributed by atoms with van der Waals surface area (Å²) in [7, 11) is 0. The maximum Gasteiger partial charge on any atom is 0.180 e. The molecule has 0 aliphatic rings. The maximum absolute atomic E-state index is 11.7. The van der Waals surface area contributed by atoms with Crippen molar-refractivity contribution in [2.45, 2.75) is 13.3 Å². The second-order valence-corrected chi connectivity index (χ2v) is 4.28. The topological polar surface area (TPSA) is 54.0 Å². The summed E-state index contributed by atoms with van der Waals surface area (Å²) in [6.45, 7) is 1.71. The number of furan rings is 1. The van der Waals surface area contributed by atoms with Gasteiger partial charge in [-0.1, -0.05) is 11.6 Å². The lowest BCUT2D eigenvalue weighted by Gasteiger charge is -1.95. The fourth-order valence-electron chi connectivity index (χ4n) is 1.68. The van der Waals surface area contributed by atoms with Crippen molar-refractivity contribution in [1.29, 1.82) is 5.26 Å². The summed E-state index contributed by atoms with van der Waals surface area (Å²) in [5, 5.41) is 9.17. The number of carbonyl (C=O) groups excluding carboxylic acids is 1. The Morgan fingerprint density at radius 3 is 2.67 bits per heavy atom. The predicted octanol–water partition coefficient (Wildman–Crippen LogP) is 4.00. The van der Waals surface area contributed by atoms with Crippen LogP contribution in [0, 0.1) is 18.3 Å². The number of hydrogen-bond donors (Lipinski definition) is 0. The Balaban J connectivity index is 2.37. The number of nitriles is 1. The molecule has 0 bridgehead atoms. The van der Waals surface area contributed by atoms with Gasteiger partial charge in [0.15, 0.2) is 5.78 Å². The first-order valence-electron chi connectivity index (χ1n) is 5.38. The van der Waals surface area contributed by atoms with Crippen molar-refractivity contribution in [2.24, 2.45) is 0 Å². The molecule has 1 heterocycles. The predicted molar refractivity (Wildman–Crippen MR) is 68.5 cm³/mol. The second-order valence-electron chi connectivity index (χ2n) is 3.85. The standard InChI is InChI=1S/C14H10ClNO2/c1-9-12(13(17)6-7-16)8-14(18-9)10-2-4-11(15)5-3-10/h2-5,8H,6H2,1H3. The fraction of sp³-hybridized carbons (Fsp3) is 0.143. The van der Waals surface area contributed by atoms with Crippen molar-refractivity contribution >= 4 is 17.4 Å². The summed E-state index contributed by atoms with van der Waals surface area (Å²) >= 11 is 5.81. The van der Waals surface area contributed by atoms with Gasteiger partial charge in [0, 0.05) is 10.6 Å². The van der Waals surface area contributed by atoms with Gasteiger partial charge in [-0.3, -0.25) is 4.79 Å². The van der Waals surface area contributed by atoms with Gasteiger partial charge in [0.2, 0.25) is 0 Å². The summed E-state index contributed by atoms with van der Waals surface area (Å²) in [5.74, 6) is 0.907. The molecule has 0 saturated heterocycles. The SMILES string of the molecule is Cc1oc(-c2ccc(Cl)cc2)cc1C(=O)CC#N. The average Bonchev–Trinajstić information content (AvgIpc) is 2.72. The van der Waals surface area contributed by atoms with Crippen molar-refractivity contribution in [3.63, 3.8) is 0 Å². The molecule has 2 aromatic rings. The van der Waals surface area contributed by atoms with E-state index >= 15 is 0 Å². The summed E-state index contributed by atoms with van der Waals surface area (Å²) < 4.78 is 5.53. The largest absolute Gasteiger partial charge is 0.461 e. The van der Waals surface area contributed by atoms with Crippen molar-refractivity contribution in [3.8, 4) is 17.4 Å². The normalized spacial score (nSPS) is 10.1. The number of carbonyl (C=O) groups is 1. The first-order valence-corrected chi connectivity index (χ1v) is 5.76. The molecule has 0 N–H and O–H groups in total. The van der Waals surface area contributed by atoms with Gasteiger partial charge in [0.25, 0.3) is 0 Å². The Hall–Kier alpha value is -2.05. The van der Waals surface area contributed by atoms with E-state index in [1.807, 2.05) is 18.2 Å². The zero-order chi connectivity index (χ0) is 13.1. The molecule has 0 radical (unpaired) electrons. The summed E-state index contributed by atoms with van der Waals surface area (Å²) in [6.07, 6.45) is -0.138. The van der Waals surface area contributed by atoms with Crippen LogP contribution in [0.25, 0.3) is 11.3 Å². The Morgan fingerprint density at radius 2 is 2.06 bits per heavy atom. The Labute approximate surface area is 110 Å². The maximum atomic E-state index is 11.7. The quantitative estimate of drug-likeness (QED) is 0.783. The van der Waals surface area contributed by atoms with Crippen LogP contribution in [0.1, 0.15) is 22.5 Å². The van der Waals surface area contributed by atoms with Crippen molar-refractivity contribution in [1.82, 2.24) is 0 Å². The van der Waals surface area contributed by atoms with Gasteiger partial charge in [-0.25, -0.2) is 0 Å². The third-order valence-electron chi connectivity index (χ3n) is 2.59. The average molecular weight is 260 g/mol. The molecule has 0 aliphatic heterocycles. The van der Waals surface area contributed by atoms with Gasteiger partial charge in [-0.2, -0.15) is 5.26 Å². The number of rotatable bonds is 3. The molecule has 2 rings (SSSR count). The highest BCUT2D eigenvalue weighted by Gasteiger charge is 2.15. The van der Waals surface area contributed by atoms with Crippen LogP contribution in [0.2, 0.25) is 5.02 Å². The Bertz CT molecular complexity index is 620. The zero-order valence-corrected chi connectivity index (χ0v) is 10.5. The number of halogens is 1. The van der Waals surface area contributed by atoms with Crippen LogP contribution in [0.4, 0.5) is 0 Å². The van der Waals surface area contributed by atoms with E-state index in [9.17, 15) is 4.79 Å². The van der Waals surface area contributed by atoms with Crippen LogP contribution < -0.4 is 0 Å². The van der Waals surface area contributed by atoms with E-state index in [1.165, 1.54) is 0 Å². The molecule has 90 valence electrons. The fourth-order valence-corrected chi connectivity index (χ4v) is 1.81. The van der Waals surface area contributed by atoms with E-state index in [2.05, 4.69) is 0 Å². The van der Waals surface area contributed by atoms with Gasteiger partial charge < -0.3 is 4.42 Å². The van der Waals surface area contributed by atoms with Gasteiger partial charge in [-0.15, -0.1) is 0 Å². The number of ketones is 1. The molecular formula is C14H10ClNO2. The van der Waals surface area contributed by atoms with Gasteiger partial charge in [0.05, 0.1) is 18.1 Å². The van der Waals surface area contributed by atoms with E-state index in [4.69, 9.17) is 21.3 Å². The number of Topliss-reactive ketones (excluding diaryl/α,β-unsaturated/α-hetero) is 1. The first kappa shape index (κ1) is 12.4. The van der Waals surface area contributed by atoms with Crippen molar-refractivity contribution in [3.05, 3.63) is 46.7 Å². The molecule has 1 aromatic carbocycles. The molecule has 0 amide bonds. The van der Waals surface area contributed by atoms with Gasteiger partial charge in [-0.05, 0) is 37.3 Å². The molecule has 18 heavy (non-hydrogen) atoms. The number of hydrogen-bond acceptors (Lipinski definition) is 3. The first-order chi connectivity index (χ1) is 8.61. The minimum atomic E-state index is -0.223. The highest BCUT2D eigenvalue weighted by molar-refractivity contribution is 6.30. The van der Waals surface area contributed by atoms with Crippen molar-refractivity contribution < 1.29 is 9.21 Å². The lowest BCUT2D eigenvalue weighted by Crippen LogP contribution is -1.96. The van der Waals surface area contributed by atoms with E-state index in [0.29, 0.717) is 22.1 Å². The number of benzene rings is 1. The molecule has 0 saturated carbocycles. The minimum Gasteiger partial charge on any atom is -0.461 e. The van der Waals surface area contributed by atoms with Gasteiger partial charge in [0.1, 0.15) is 11.5 Å². The van der Waals surface area contributed by atoms with E-state index < -0.39 is 0 Å². The Kier molecular flexibility index (Phi) is 3.50. The number of nitrogens with zero attached hydrogens (tertiary/aromatic N) is 1. The number of aryl methyl sites for hydroxylation is 1. The van der Waals surface area contributed by atoms with E-state index in [1.54, 1.807) is 25.1 Å². The smallest absolute Gasteiger partial charge is 0.180 e. The summed E-state index contributed by atoms with van der Waals surface area (Å²) in [4.78, 5) is 11.7. The molecule has 0 unspecified atom stereocenters. The third kappa shape index (κ3) is 2.44. The summed E-state index contributed by atoms with van der Waals surface area (Å²) in [6, 6.07) is 10.7. The third-order valence-corrected chi connectivity index (χ3v) is 2.84. The highest BCUT2D eigenvalue weighted by atomic mass is 35.5. The molecule has 3 nitrogen and oxygen atoms in total. The van der Waals surface area contributed by atoms with Crippen molar-refractivity contribution in [2.75, 3.05) is 0 Å². The van der Waals surface area contributed by atoms with Crippen LogP contribution in [0.5, 0.6) is 0 Å². The molecular weight excluding hydrogens is 250 g/mol. The monoisotopic (exact) mass is 259 g/mol. The lowest BCUT2D eigenvalue weighted by molar-refractivity contribution is 0.0996. The van der Waals surface area contributed by atoms with Crippen LogP contribution >= 0.6 is 11.6 Å². The molecule has 1 aromatic heterocycles. The molecule has 0 aliphatic carbocycles. The van der Waals surface area contributed by atoms with E-state index in [-0.39, 0.29) is 12.2 Å². The van der Waals surface area contributed by atoms with Gasteiger partial charge >= 0.3 is 0 Å². The van der Waals surface area contributed by atoms with Crippen LogP contribution in [0.15, 0.2) is 34.7 Å². The van der Waals surface area contributed by atoms with Crippen LogP contribution in [0.3, 0.4) is 0 Å². The molecule has 4 heteroatoms. The lowest BCUT2D eigenvalue weighted by atomic mass is 10.1. The second kappa shape index (κ2) is 5.07. The molecule has 0 fully saturated rings.